The molecule has 0 fully saturated rings. The lowest BCUT2D eigenvalue weighted by molar-refractivity contribution is 0.132. The van der Waals surface area contributed by atoms with Gasteiger partial charge in [0, 0.05) is 39.2 Å². The second kappa shape index (κ2) is 8.94. The average Bonchev–Trinajstić information content (AvgIpc) is 2.78. The molecule has 0 saturated carbocycles. The highest BCUT2D eigenvalue weighted by molar-refractivity contribution is 5.25. The molecule has 1 aromatic heterocycles. The van der Waals surface area contributed by atoms with Gasteiger partial charge in [-0.3, -0.25) is 0 Å². The molecule has 0 bridgehead atoms. The molecule has 0 saturated heterocycles. The molecule has 0 spiro atoms. The number of anilines is 1. The summed E-state index contributed by atoms with van der Waals surface area (Å²) >= 11 is 0. The van der Waals surface area contributed by atoms with Gasteiger partial charge in [0.2, 0.25) is 5.95 Å². The first kappa shape index (κ1) is 15.0. The van der Waals surface area contributed by atoms with Gasteiger partial charge in [-0.1, -0.05) is 13.8 Å². The molecule has 0 radical (unpaired) electrons. The Labute approximate surface area is 109 Å². The number of nitrogens with one attached hydrogen (secondary N) is 1. The number of rotatable bonds is 10. The largest absolute Gasteiger partial charge is 0.383 e. The molecule has 0 aromatic carbocycles. The number of imidazole rings is 1. The Morgan fingerprint density at radius 1 is 1.33 bits per heavy atom. The van der Waals surface area contributed by atoms with Crippen molar-refractivity contribution < 1.29 is 9.47 Å². The van der Waals surface area contributed by atoms with Gasteiger partial charge in [0.25, 0.3) is 0 Å². The van der Waals surface area contributed by atoms with Crippen molar-refractivity contribution in [3.8, 4) is 0 Å². The number of aromatic nitrogens is 2. The third kappa shape index (κ3) is 6.02. The average molecular weight is 255 g/mol. The maximum atomic E-state index is 5.54. The van der Waals surface area contributed by atoms with Crippen LogP contribution in [0.3, 0.4) is 0 Å². The topological polar surface area (TPSA) is 48.3 Å². The van der Waals surface area contributed by atoms with Crippen LogP contribution in [0.15, 0.2) is 12.4 Å². The molecule has 18 heavy (non-hydrogen) atoms. The minimum atomic E-state index is 0.690. The van der Waals surface area contributed by atoms with Crippen LogP contribution in [0.1, 0.15) is 20.3 Å². The lowest BCUT2D eigenvalue weighted by atomic mass is 10.1. The van der Waals surface area contributed by atoms with Crippen LogP contribution in [-0.4, -0.2) is 43.0 Å². The van der Waals surface area contributed by atoms with Gasteiger partial charge in [0.1, 0.15) is 0 Å². The van der Waals surface area contributed by atoms with Gasteiger partial charge < -0.3 is 19.4 Å². The molecule has 0 unspecified atom stereocenters. The van der Waals surface area contributed by atoms with Crippen molar-refractivity contribution in [3.63, 3.8) is 0 Å². The minimum Gasteiger partial charge on any atom is -0.383 e. The standard InChI is InChI=1S/C13H25N3O2/c1-12(2)4-9-18-10-6-15-13-14-5-7-16(13)8-11-17-3/h5,7,12H,4,6,8-11H2,1-3H3,(H,14,15). The highest BCUT2D eigenvalue weighted by atomic mass is 16.5. The first-order valence-corrected chi connectivity index (χ1v) is 6.55. The predicted octanol–water partition coefficient (Wildman–Crippen LogP) is 2.00. The van der Waals surface area contributed by atoms with Crippen LogP contribution in [-0.2, 0) is 16.0 Å². The van der Waals surface area contributed by atoms with Gasteiger partial charge in [0.05, 0.1) is 13.2 Å². The van der Waals surface area contributed by atoms with Crippen molar-refractivity contribution in [2.45, 2.75) is 26.8 Å². The molecule has 0 atom stereocenters. The SMILES string of the molecule is COCCn1ccnc1NCCOCCC(C)C. The molecule has 1 N–H and O–H groups in total. The van der Waals surface area contributed by atoms with Crippen LogP contribution in [0.2, 0.25) is 0 Å². The Morgan fingerprint density at radius 3 is 2.89 bits per heavy atom. The summed E-state index contributed by atoms with van der Waals surface area (Å²) < 4.78 is 12.6. The van der Waals surface area contributed by atoms with Crippen LogP contribution in [0.5, 0.6) is 0 Å². The summed E-state index contributed by atoms with van der Waals surface area (Å²) in [6.45, 7) is 8.23. The fraction of sp³-hybridized carbons (Fsp3) is 0.769. The molecule has 5 nitrogen and oxygen atoms in total. The summed E-state index contributed by atoms with van der Waals surface area (Å²) in [5.74, 6) is 1.57. The summed E-state index contributed by atoms with van der Waals surface area (Å²) in [5.41, 5.74) is 0. The quantitative estimate of drug-likeness (QED) is 0.650. The fourth-order valence-electron chi connectivity index (χ4n) is 1.50. The second-order valence-electron chi connectivity index (χ2n) is 4.66. The van der Waals surface area contributed by atoms with Gasteiger partial charge in [-0.05, 0) is 12.3 Å². The van der Waals surface area contributed by atoms with E-state index in [0.717, 1.165) is 32.1 Å². The van der Waals surface area contributed by atoms with Crippen LogP contribution >= 0.6 is 0 Å². The van der Waals surface area contributed by atoms with E-state index in [1.54, 1.807) is 13.3 Å². The molecule has 1 aromatic rings. The second-order valence-corrected chi connectivity index (χ2v) is 4.66. The smallest absolute Gasteiger partial charge is 0.202 e. The Morgan fingerprint density at radius 2 is 2.17 bits per heavy atom. The van der Waals surface area contributed by atoms with Crippen LogP contribution in [0.4, 0.5) is 5.95 Å². The van der Waals surface area contributed by atoms with Gasteiger partial charge in [-0.2, -0.15) is 0 Å². The molecule has 0 amide bonds. The zero-order chi connectivity index (χ0) is 13.2. The fourth-order valence-corrected chi connectivity index (χ4v) is 1.50. The molecule has 0 aliphatic rings. The third-order valence-electron chi connectivity index (χ3n) is 2.62. The minimum absolute atomic E-state index is 0.690. The van der Waals surface area contributed by atoms with E-state index in [-0.39, 0.29) is 0 Å². The van der Waals surface area contributed by atoms with E-state index in [4.69, 9.17) is 9.47 Å². The van der Waals surface area contributed by atoms with Crippen molar-refractivity contribution in [2.24, 2.45) is 5.92 Å². The van der Waals surface area contributed by atoms with E-state index in [1.807, 2.05) is 10.8 Å². The Bertz CT molecular complexity index is 313. The summed E-state index contributed by atoms with van der Waals surface area (Å²) in [7, 11) is 1.70. The molecular weight excluding hydrogens is 230 g/mol. The molecule has 104 valence electrons. The van der Waals surface area contributed by atoms with E-state index in [9.17, 15) is 0 Å². The van der Waals surface area contributed by atoms with Gasteiger partial charge in [-0.15, -0.1) is 0 Å². The van der Waals surface area contributed by atoms with E-state index in [1.165, 1.54) is 0 Å². The predicted molar refractivity (Wildman–Crippen MR) is 72.9 cm³/mol. The first-order valence-electron chi connectivity index (χ1n) is 6.55. The van der Waals surface area contributed by atoms with Gasteiger partial charge in [0.15, 0.2) is 0 Å². The van der Waals surface area contributed by atoms with Crippen molar-refractivity contribution in [3.05, 3.63) is 12.4 Å². The molecule has 0 aliphatic carbocycles. The Balaban J connectivity index is 2.13. The third-order valence-corrected chi connectivity index (χ3v) is 2.62. The lowest BCUT2D eigenvalue weighted by Crippen LogP contribution is -2.15. The molecular formula is C13H25N3O2. The Hall–Kier alpha value is -1.07. The highest BCUT2D eigenvalue weighted by Gasteiger charge is 2.01. The van der Waals surface area contributed by atoms with Crippen molar-refractivity contribution >= 4 is 5.95 Å². The van der Waals surface area contributed by atoms with Gasteiger partial charge >= 0.3 is 0 Å². The van der Waals surface area contributed by atoms with E-state index in [0.29, 0.717) is 19.1 Å². The number of ether oxygens (including phenoxy) is 2. The number of hydrogen-bond donors (Lipinski definition) is 1. The van der Waals surface area contributed by atoms with Crippen molar-refractivity contribution in [2.75, 3.05) is 38.8 Å². The van der Waals surface area contributed by atoms with Crippen LogP contribution < -0.4 is 5.32 Å². The van der Waals surface area contributed by atoms with Crippen molar-refractivity contribution in [1.29, 1.82) is 0 Å². The van der Waals surface area contributed by atoms with Crippen LogP contribution in [0.25, 0.3) is 0 Å². The monoisotopic (exact) mass is 255 g/mol. The lowest BCUT2D eigenvalue weighted by Gasteiger charge is -2.10. The molecule has 0 aliphatic heterocycles. The number of methoxy groups -OCH3 is 1. The Kier molecular flexibility index (Phi) is 7.44. The van der Waals surface area contributed by atoms with E-state index in [2.05, 4.69) is 24.1 Å². The number of hydrogen-bond acceptors (Lipinski definition) is 4. The molecule has 5 heteroatoms. The zero-order valence-electron chi connectivity index (χ0n) is 11.7. The van der Waals surface area contributed by atoms with Gasteiger partial charge in [-0.25, -0.2) is 4.98 Å². The maximum Gasteiger partial charge on any atom is 0.202 e. The first-order chi connectivity index (χ1) is 8.74. The zero-order valence-corrected chi connectivity index (χ0v) is 11.7. The highest BCUT2D eigenvalue weighted by Crippen LogP contribution is 2.03. The summed E-state index contributed by atoms with van der Waals surface area (Å²) in [4.78, 5) is 4.26. The molecule has 1 heterocycles. The summed E-state index contributed by atoms with van der Waals surface area (Å²) in [6, 6.07) is 0. The van der Waals surface area contributed by atoms with Crippen LogP contribution in [0, 0.1) is 5.92 Å². The maximum absolute atomic E-state index is 5.54. The van der Waals surface area contributed by atoms with E-state index < -0.39 is 0 Å². The summed E-state index contributed by atoms with van der Waals surface area (Å²) in [6.07, 6.45) is 4.85. The summed E-state index contributed by atoms with van der Waals surface area (Å²) in [5, 5.41) is 3.26. The van der Waals surface area contributed by atoms with Crippen molar-refractivity contribution in [1.82, 2.24) is 9.55 Å². The van der Waals surface area contributed by atoms with E-state index >= 15 is 0 Å². The normalized spacial score (nSPS) is 11.1. The molecule has 1 rings (SSSR count). The number of nitrogens with zero attached hydrogens (tertiary/aromatic N) is 2.